The molecule has 138 valence electrons. The van der Waals surface area contributed by atoms with Crippen LogP contribution in [0.5, 0.6) is 11.5 Å². The molecule has 2 unspecified atom stereocenters. The van der Waals surface area contributed by atoms with Gasteiger partial charge in [0.2, 0.25) is 5.91 Å². The van der Waals surface area contributed by atoms with Crippen LogP contribution in [0.4, 0.5) is 0 Å². The Morgan fingerprint density at radius 3 is 2.52 bits per heavy atom. The second-order valence-electron chi connectivity index (χ2n) is 6.34. The lowest BCUT2D eigenvalue weighted by molar-refractivity contribution is -0.147. The molecule has 0 aliphatic carbocycles. The van der Waals surface area contributed by atoms with E-state index in [1.165, 1.54) is 0 Å². The van der Waals surface area contributed by atoms with Gasteiger partial charge < -0.3 is 19.5 Å². The molecule has 25 heavy (non-hydrogen) atoms. The maximum absolute atomic E-state index is 12.4. The first-order valence-corrected chi connectivity index (χ1v) is 8.89. The minimum atomic E-state index is -0.819. The van der Waals surface area contributed by atoms with Gasteiger partial charge in [0.15, 0.2) is 11.5 Å². The lowest BCUT2D eigenvalue weighted by Crippen LogP contribution is -2.47. The summed E-state index contributed by atoms with van der Waals surface area (Å²) in [4.78, 5) is 25.3. The van der Waals surface area contributed by atoms with Crippen LogP contribution in [-0.4, -0.2) is 47.7 Å². The first-order chi connectivity index (χ1) is 12.0. The minimum Gasteiger partial charge on any atom is -0.490 e. The molecule has 1 amide bonds. The summed E-state index contributed by atoms with van der Waals surface area (Å²) in [5, 5.41) is 9.16. The highest BCUT2D eigenvalue weighted by molar-refractivity contribution is 5.78. The summed E-state index contributed by atoms with van der Waals surface area (Å²) in [5.41, 5.74) is 0. The maximum Gasteiger partial charge on any atom is 0.308 e. The predicted octanol–water partition coefficient (Wildman–Crippen LogP) is 2.96. The highest BCUT2D eigenvalue weighted by Crippen LogP contribution is 2.27. The number of nitrogens with zero attached hydrogens (tertiary/aromatic N) is 1. The zero-order chi connectivity index (χ0) is 18.2. The standard InChI is InChI=1S/C19H27NO5/c1-3-24-16-7-4-5-8-17(16)25-12-6-9-18(21)20-13-15(19(22)23)11-10-14(20)2/h4-5,7-8,14-15H,3,6,9-13H2,1-2H3,(H,22,23). The van der Waals surface area contributed by atoms with Crippen molar-refractivity contribution >= 4 is 11.9 Å². The third kappa shape index (κ3) is 5.37. The van der Waals surface area contributed by atoms with Crippen molar-refractivity contribution in [2.45, 2.75) is 45.6 Å². The molecule has 0 saturated carbocycles. The van der Waals surface area contributed by atoms with Crippen LogP contribution in [0.15, 0.2) is 24.3 Å². The molecule has 1 saturated heterocycles. The molecule has 1 aliphatic rings. The van der Waals surface area contributed by atoms with Crippen molar-refractivity contribution in [1.29, 1.82) is 0 Å². The van der Waals surface area contributed by atoms with E-state index in [9.17, 15) is 9.59 Å². The van der Waals surface area contributed by atoms with Crippen LogP contribution in [0, 0.1) is 5.92 Å². The van der Waals surface area contributed by atoms with Gasteiger partial charge in [0, 0.05) is 19.0 Å². The van der Waals surface area contributed by atoms with Gasteiger partial charge in [-0.1, -0.05) is 12.1 Å². The van der Waals surface area contributed by atoms with Crippen LogP contribution in [0.3, 0.4) is 0 Å². The van der Waals surface area contributed by atoms with Crippen LogP contribution < -0.4 is 9.47 Å². The number of hydrogen-bond donors (Lipinski definition) is 1. The Morgan fingerprint density at radius 1 is 1.20 bits per heavy atom. The zero-order valence-electron chi connectivity index (χ0n) is 14.9. The van der Waals surface area contributed by atoms with Crippen molar-refractivity contribution in [3.63, 3.8) is 0 Å². The first-order valence-electron chi connectivity index (χ1n) is 8.89. The monoisotopic (exact) mass is 349 g/mol. The Kier molecular flexibility index (Phi) is 7.10. The number of para-hydroxylation sites is 2. The van der Waals surface area contributed by atoms with E-state index in [1.807, 2.05) is 38.1 Å². The quantitative estimate of drug-likeness (QED) is 0.730. The van der Waals surface area contributed by atoms with E-state index in [0.717, 1.165) is 6.42 Å². The van der Waals surface area contributed by atoms with Gasteiger partial charge in [0.1, 0.15) is 0 Å². The van der Waals surface area contributed by atoms with E-state index in [-0.39, 0.29) is 11.9 Å². The molecule has 6 nitrogen and oxygen atoms in total. The van der Waals surface area contributed by atoms with Crippen molar-refractivity contribution in [2.75, 3.05) is 19.8 Å². The first kappa shape index (κ1) is 19.1. The van der Waals surface area contributed by atoms with Gasteiger partial charge in [-0.05, 0) is 45.2 Å². The molecule has 1 aliphatic heterocycles. The minimum absolute atomic E-state index is 0.000133. The molecule has 0 spiro atoms. The number of carboxylic acid groups (broad SMARTS) is 1. The average Bonchev–Trinajstić information content (AvgIpc) is 2.60. The summed E-state index contributed by atoms with van der Waals surface area (Å²) in [6.07, 6.45) is 2.31. The summed E-state index contributed by atoms with van der Waals surface area (Å²) in [6, 6.07) is 7.56. The molecule has 0 radical (unpaired) electrons. The fourth-order valence-electron chi connectivity index (χ4n) is 3.05. The molecule has 1 heterocycles. The van der Waals surface area contributed by atoms with E-state index < -0.39 is 11.9 Å². The molecular formula is C19H27NO5. The van der Waals surface area contributed by atoms with E-state index >= 15 is 0 Å². The largest absolute Gasteiger partial charge is 0.490 e. The molecule has 1 aromatic carbocycles. The van der Waals surface area contributed by atoms with Crippen LogP contribution in [-0.2, 0) is 9.59 Å². The molecule has 2 atom stereocenters. The predicted molar refractivity (Wildman–Crippen MR) is 93.9 cm³/mol. The number of carbonyl (C=O) groups excluding carboxylic acids is 1. The normalized spacial score (nSPS) is 20.2. The van der Waals surface area contributed by atoms with E-state index in [2.05, 4.69) is 0 Å². The number of benzene rings is 1. The van der Waals surface area contributed by atoms with Gasteiger partial charge in [-0.2, -0.15) is 0 Å². The Labute approximate surface area is 148 Å². The van der Waals surface area contributed by atoms with Gasteiger partial charge in [0.25, 0.3) is 0 Å². The van der Waals surface area contributed by atoms with Crippen molar-refractivity contribution < 1.29 is 24.2 Å². The van der Waals surface area contributed by atoms with E-state index in [4.69, 9.17) is 14.6 Å². The van der Waals surface area contributed by atoms with Crippen LogP contribution >= 0.6 is 0 Å². The number of carbonyl (C=O) groups is 2. The Balaban J connectivity index is 1.79. The number of ether oxygens (including phenoxy) is 2. The fraction of sp³-hybridized carbons (Fsp3) is 0.579. The number of rotatable bonds is 8. The highest BCUT2D eigenvalue weighted by Gasteiger charge is 2.32. The number of piperidine rings is 1. The van der Waals surface area contributed by atoms with Gasteiger partial charge >= 0.3 is 5.97 Å². The van der Waals surface area contributed by atoms with Crippen LogP contribution in [0.2, 0.25) is 0 Å². The number of aliphatic carboxylic acids is 1. The third-order valence-corrected chi connectivity index (χ3v) is 4.49. The van der Waals surface area contributed by atoms with Crippen LogP contribution in [0.1, 0.15) is 39.5 Å². The molecule has 1 aromatic rings. The van der Waals surface area contributed by atoms with Crippen molar-refractivity contribution in [3.8, 4) is 11.5 Å². The molecular weight excluding hydrogens is 322 g/mol. The lowest BCUT2D eigenvalue weighted by atomic mass is 9.93. The van der Waals surface area contributed by atoms with Crippen molar-refractivity contribution in [1.82, 2.24) is 4.90 Å². The summed E-state index contributed by atoms with van der Waals surface area (Å²) < 4.78 is 11.2. The summed E-state index contributed by atoms with van der Waals surface area (Å²) in [7, 11) is 0. The van der Waals surface area contributed by atoms with Crippen LogP contribution in [0.25, 0.3) is 0 Å². The van der Waals surface area contributed by atoms with Gasteiger partial charge in [-0.25, -0.2) is 0 Å². The number of hydrogen-bond acceptors (Lipinski definition) is 4. The van der Waals surface area contributed by atoms with Gasteiger partial charge in [0.05, 0.1) is 19.1 Å². The van der Waals surface area contributed by atoms with Gasteiger partial charge in [-0.3, -0.25) is 9.59 Å². The Bertz CT molecular complexity index is 589. The highest BCUT2D eigenvalue weighted by atomic mass is 16.5. The summed E-state index contributed by atoms with van der Waals surface area (Å²) >= 11 is 0. The average molecular weight is 349 g/mol. The van der Waals surface area contributed by atoms with Crippen molar-refractivity contribution in [2.24, 2.45) is 5.92 Å². The number of carboxylic acids is 1. The molecule has 0 bridgehead atoms. The summed E-state index contributed by atoms with van der Waals surface area (Å²) in [5.74, 6) is 0.106. The SMILES string of the molecule is CCOc1ccccc1OCCCC(=O)N1CC(C(=O)O)CCC1C. The lowest BCUT2D eigenvalue weighted by Gasteiger charge is -2.36. The maximum atomic E-state index is 12.4. The Morgan fingerprint density at radius 2 is 1.88 bits per heavy atom. The zero-order valence-corrected chi connectivity index (χ0v) is 14.9. The topological polar surface area (TPSA) is 76.1 Å². The molecule has 2 rings (SSSR count). The third-order valence-electron chi connectivity index (χ3n) is 4.49. The second-order valence-corrected chi connectivity index (χ2v) is 6.34. The van der Waals surface area contributed by atoms with Crippen molar-refractivity contribution in [3.05, 3.63) is 24.3 Å². The van der Waals surface area contributed by atoms with E-state index in [1.54, 1.807) is 4.90 Å². The number of amides is 1. The van der Waals surface area contributed by atoms with E-state index in [0.29, 0.717) is 50.5 Å². The molecule has 0 aromatic heterocycles. The second kappa shape index (κ2) is 9.30. The number of likely N-dealkylation sites (tertiary alicyclic amines) is 1. The molecule has 1 fully saturated rings. The molecule has 6 heteroatoms. The summed E-state index contributed by atoms with van der Waals surface area (Å²) in [6.45, 7) is 5.19. The van der Waals surface area contributed by atoms with Gasteiger partial charge in [-0.15, -0.1) is 0 Å². The Hall–Kier alpha value is -2.24. The smallest absolute Gasteiger partial charge is 0.308 e. The fourth-order valence-corrected chi connectivity index (χ4v) is 3.05. The molecule has 1 N–H and O–H groups in total.